The molecule has 1 aromatic carbocycles. The van der Waals surface area contributed by atoms with E-state index in [0.717, 1.165) is 0 Å². The molecule has 2 aromatic rings. The van der Waals surface area contributed by atoms with Gasteiger partial charge in [-0.25, -0.2) is 4.98 Å². The summed E-state index contributed by atoms with van der Waals surface area (Å²) in [4.78, 5) is 25.7. The van der Waals surface area contributed by atoms with E-state index in [4.69, 9.17) is 0 Å². The number of halogens is 1. The first-order valence-corrected chi connectivity index (χ1v) is 5.81. The van der Waals surface area contributed by atoms with Gasteiger partial charge in [-0.05, 0) is 21.5 Å². The lowest BCUT2D eigenvalue weighted by Crippen LogP contribution is -2.19. The van der Waals surface area contributed by atoms with E-state index < -0.39 is 4.92 Å². The van der Waals surface area contributed by atoms with Crippen molar-refractivity contribution in [1.29, 1.82) is 0 Å². The topological polar surface area (TPSA) is 78.0 Å². The van der Waals surface area contributed by atoms with Crippen LogP contribution >= 0.6 is 15.9 Å². The van der Waals surface area contributed by atoms with Gasteiger partial charge in [0.05, 0.1) is 17.8 Å². The van der Waals surface area contributed by atoms with Gasteiger partial charge in [0.2, 0.25) is 0 Å². The Balaban J connectivity index is 2.42. The second-order valence-electron chi connectivity index (χ2n) is 3.55. The van der Waals surface area contributed by atoms with Crippen LogP contribution in [0.3, 0.4) is 0 Å². The van der Waals surface area contributed by atoms with Crippen LogP contribution in [0, 0.1) is 10.1 Å². The van der Waals surface area contributed by atoms with E-state index in [0.29, 0.717) is 10.0 Å². The molecule has 0 aliphatic carbocycles. The second kappa shape index (κ2) is 5.09. The average Bonchev–Trinajstić information content (AvgIpc) is 2.34. The van der Waals surface area contributed by atoms with Gasteiger partial charge < -0.3 is 0 Å². The lowest BCUT2D eigenvalue weighted by molar-refractivity contribution is -0.385. The molecule has 2 rings (SSSR count). The van der Waals surface area contributed by atoms with Gasteiger partial charge in [-0.1, -0.05) is 12.1 Å². The first-order chi connectivity index (χ1) is 8.59. The van der Waals surface area contributed by atoms with Crippen LogP contribution in [0.4, 0.5) is 5.69 Å². The van der Waals surface area contributed by atoms with Crippen molar-refractivity contribution in [2.45, 2.75) is 6.54 Å². The van der Waals surface area contributed by atoms with Crippen LogP contribution in [0.25, 0.3) is 0 Å². The van der Waals surface area contributed by atoms with Gasteiger partial charge in [-0.3, -0.25) is 19.5 Å². The van der Waals surface area contributed by atoms with Crippen LogP contribution in [0.2, 0.25) is 0 Å². The van der Waals surface area contributed by atoms with E-state index in [-0.39, 0.29) is 17.8 Å². The van der Waals surface area contributed by atoms with Crippen LogP contribution < -0.4 is 5.56 Å². The van der Waals surface area contributed by atoms with Crippen molar-refractivity contribution in [3.8, 4) is 0 Å². The minimum Gasteiger partial charge on any atom is -0.295 e. The van der Waals surface area contributed by atoms with Crippen molar-refractivity contribution in [2.24, 2.45) is 0 Å². The number of nitro benzene ring substituents is 1. The summed E-state index contributed by atoms with van der Waals surface area (Å²) in [6.45, 7) is 0.231. The highest BCUT2D eigenvalue weighted by Gasteiger charge is 2.15. The quantitative estimate of drug-likeness (QED) is 0.641. The number of hydrogen-bond acceptors (Lipinski definition) is 4. The summed E-state index contributed by atoms with van der Waals surface area (Å²) in [6, 6.07) is 6.04. The van der Waals surface area contributed by atoms with Crippen LogP contribution in [-0.4, -0.2) is 14.5 Å². The maximum absolute atomic E-state index is 11.5. The van der Waals surface area contributed by atoms with Gasteiger partial charge in [0.15, 0.2) is 0 Å². The predicted octanol–water partition coefficient (Wildman–Crippen LogP) is 1.96. The Morgan fingerprint density at radius 3 is 2.83 bits per heavy atom. The van der Waals surface area contributed by atoms with Gasteiger partial charge in [0, 0.05) is 18.3 Å². The van der Waals surface area contributed by atoms with Crippen molar-refractivity contribution in [3.63, 3.8) is 0 Å². The molecule has 1 heterocycles. The molecule has 0 unspecified atom stereocenters. The fraction of sp³-hybridized carbons (Fsp3) is 0.0909. The standard InChI is InChI=1S/C11H8BrN3O3/c12-11-8(2-1-3-9(11)15(17)18)6-14-7-13-5-4-10(14)16/h1-5,7H,6H2. The smallest absolute Gasteiger partial charge is 0.283 e. The van der Waals surface area contributed by atoms with Gasteiger partial charge in [0.25, 0.3) is 11.2 Å². The van der Waals surface area contributed by atoms with E-state index in [1.54, 1.807) is 12.1 Å². The van der Waals surface area contributed by atoms with Crippen molar-refractivity contribution >= 4 is 21.6 Å². The molecular formula is C11H8BrN3O3. The predicted molar refractivity (Wildman–Crippen MR) is 68.4 cm³/mol. The lowest BCUT2D eigenvalue weighted by Gasteiger charge is -2.06. The molecule has 0 N–H and O–H groups in total. The molecule has 18 heavy (non-hydrogen) atoms. The molecule has 0 fully saturated rings. The maximum atomic E-state index is 11.5. The lowest BCUT2D eigenvalue weighted by atomic mass is 10.2. The summed E-state index contributed by atoms with van der Waals surface area (Å²) >= 11 is 3.19. The highest BCUT2D eigenvalue weighted by atomic mass is 79.9. The second-order valence-corrected chi connectivity index (χ2v) is 4.35. The monoisotopic (exact) mass is 309 g/mol. The van der Waals surface area contributed by atoms with E-state index in [1.165, 1.54) is 29.2 Å². The minimum absolute atomic E-state index is 0.0237. The molecule has 1 aromatic heterocycles. The minimum atomic E-state index is -0.473. The van der Waals surface area contributed by atoms with Crippen molar-refractivity contribution < 1.29 is 4.92 Å². The summed E-state index contributed by atoms with van der Waals surface area (Å²) in [5, 5.41) is 10.8. The summed E-state index contributed by atoms with van der Waals surface area (Å²) in [6.07, 6.45) is 2.80. The average molecular weight is 310 g/mol. The fourth-order valence-electron chi connectivity index (χ4n) is 1.51. The zero-order chi connectivity index (χ0) is 13.1. The fourth-order valence-corrected chi connectivity index (χ4v) is 2.04. The molecule has 0 radical (unpaired) electrons. The van der Waals surface area contributed by atoms with Crippen LogP contribution in [0.5, 0.6) is 0 Å². The molecule has 0 spiro atoms. The Morgan fingerprint density at radius 1 is 1.39 bits per heavy atom. The highest BCUT2D eigenvalue weighted by molar-refractivity contribution is 9.10. The number of rotatable bonds is 3. The molecule has 7 heteroatoms. The summed E-state index contributed by atoms with van der Waals surface area (Å²) in [5.74, 6) is 0. The Bertz CT molecular complexity index is 654. The van der Waals surface area contributed by atoms with Crippen molar-refractivity contribution in [1.82, 2.24) is 9.55 Å². The van der Waals surface area contributed by atoms with E-state index in [2.05, 4.69) is 20.9 Å². The van der Waals surface area contributed by atoms with E-state index in [9.17, 15) is 14.9 Å². The summed E-state index contributed by atoms with van der Waals surface area (Å²) in [5.41, 5.74) is 0.423. The van der Waals surface area contributed by atoms with Crippen LogP contribution in [0.1, 0.15) is 5.56 Å². The van der Waals surface area contributed by atoms with Crippen molar-refractivity contribution in [2.75, 3.05) is 0 Å². The normalized spacial score (nSPS) is 10.3. The molecule has 0 aliphatic heterocycles. The first-order valence-electron chi connectivity index (χ1n) is 5.02. The third kappa shape index (κ3) is 2.45. The third-order valence-corrected chi connectivity index (χ3v) is 3.30. The van der Waals surface area contributed by atoms with Gasteiger partial charge >= 0.3 is 0 Å². The third-order valence-electron chi connectivity index (χ3n) is 2.39. The van der Waals surface area contributed by atoms with Crippen LogP contribution in [-0.2, 0) is 6.54 Å². The number of hydrogen-bond donors (Lipinski definition) is 0. The number of aromatic nitrogens is 2. The van der Waals surface area contributed by atoms with Crippen LogP contribution in [0.15, 0.2) is 46.1 Å². The SMILES string of the molecule is O=c1ccncn1Cc1cccc([N+](=O)[O-])c1Br. The van der Waals surface area contributed by atoms with Crippen molar-refractivity contribution in [3.05, 3.63) is 67.3 Å². The zero-order valence-electron chi connectivity index (χ0n) is 9.12. The van der Waals surface area contributed by atoms with Gasteiger partial charge in [-0.15, -0.1) is 0 Å². The molecule has 0 saturated carbocycles. The Kier molecular flexibility index (Phi) is 3.52. The Hall–Kier alpha value is -2.02. The maximum Gasteiger partial charge on any atom is 0.283 e. The summed E-state index contributed by atoms with van der Waals surface area (Å²) < 4.78 is 1.76. The van der Waals surface area contributed by atoms with E-state index in [1.807, 2.05) is 0 Å². The van der Waals surface area contributed by atoms with Gasteiger partial charge in [-0.2, -0.15) is 0 Å². The zero-order valence-corrected chi connectivity index (χ0v) is 10.7. The highest BCUT2D eigenvalue weighted by Crippen LogP contribution is 2.28. The summed E-state index contributed by atoms with van der Waals surface area (Å²) in [7, 11) is 0. The number of nitro groups is 1. The molecule has 6 nitrogen and oxygen atoms in total. The molecule has 0 atom stereocenters. The molecule has 0 aliphatic rings. The molecule has 0 amide bonds. The molecule has 0 bridgehead atoms. The molecular weight excluding hydrogens is 302 g/mol. The Labute approximate surface area is 110 Å². The number of nitrogens with zero attached hydrogens (tertiary/aromatic N) is 3. The van der Waals surface area contributed by atoms with E-state index >= 15 is 0 Å². The number of benzene rings is 1. The van der Waals surface area contributed by atoms with Gasteiger partial charge in [0.1, 0.15) is 4.47 Å². The Morgan fingerprint density at radius 2 is 2.17 bits per heavy atom. The first kappa shape index (κ1) is 12.4. The molecule has 0 saturated heterocycles. The largest absolute Gasteiger partial charge is 0.295 e. The molecule has 92 valence electrons.